The number of nitrogens with zero attached hydrogens (tertiary/aromatic N) is 6. The van der Waals surface area contributed by atoms with Gasteiger partial charge in [-0.2, -0.15) is 0 Å². The van der Waals surface area contributed by atoms with Crippen molar-refractivity contribution in [1.82, 2.24) is 29.9 Å². The molecule has 0 unspecified atom stereocenters. The van der Waals surface area contributed by atoms with Crippen LogP contribution in [0.4, 0.5) is 0 Å². The Balaban J connectivity index is 0.00000101. The largest absolute Gasteiger partial charge is 1.00 e. The fourth-order valence-electron chi connectivity index (χ4n) is 5.26. The number of aromatic nitrogens is 6. The number of carboxylic acids is 1. The van der Waals surface area contributed by atoms with Crippen LogP contribution in [0.25, 0.3) is 34.2 Å². The number of carboxylic acid groups (broad SMARTS) is 1. The first-order valence-corrected chi connectivity index (χ1v) is 24.0. The second kappa shape index (κ2) is 32.7. The summed E-state index contributed by atoms with van der Waals surface area (Å²) in [7, 11) is -19.3. The van der Waals surface area contributed by atoms with Crippen molar-refractivity contribution >= 4 is 47.6 Å². The van der Waals surface area contributed by atoms with Crippen LogP contribution in [-0.4, -0.2) is 87.8 Å². The van der Waals surface area contributed by atoms with Gasteiger partial charge in [-0.1, -0.05) is 0 Å². The van der Waals surface area contributed by atoms with Crippen molar-refractivity contribution in [3.63, 3.8) is 0 Å². The molecule has 0 amide bonds. The zero-order chi connectivity index (χ0) is 49.3. The summed E-state index contributed by atoms with van der Waals surface area (Å²) < 4.78 is 142. The van der Waals surface area contributed by atoms with E-state index in [2.05, 4.69) is 46.6 Å². The molecule has 0 radical (unpaired) electrons. The molecule has 6 rings (SSSR count). The molecule has 6 heterocycles. The molecule has 0 aliphatic carbocycles. The van der Waals surface area contributed by atoms with Crippen molar-refractivity contribution in [1.29, 1.82) is 0 Å². The molecule has 0 saturated heterocycles. The fraction of sp³-hybridized carbons (Fsp3) is 0.205. The summed E-state index contributed by atoms with van der Waals surface area (Å²) in [5.41, 5.74) is 6.61. The topological polar surface area (TPSA) is 383 Å². The molecule has 6 aromatic heterocycles. The van der Waals surface area contributed by atoms with E-state index in [1.165, 1.54) is 73.3 Å². The molecule has 24 nitrogen and oxygen atoms in total. The third-order valence-corrected chi connectivity index (χ3v) is 9.78. The summed E-state index contributed by atoms with van der Waals surface area (Å²) in [6.07, 6.45) is 10.3. The van der Waals surface area contributed by atoms with Crippen LogP contribution in [0.5, 0.6) is 0 Å². The molecule has 6 aromatic rings. The Morgan fingerprint density at radius 1 is 0.437 bits per heavy atom. The number of aliphatic carboxylic acids is 1. The fourth-order valence-corrected chi connectivity index (χ4v) is 6.38. The number of carbonyl (C=O) groups is 1. The van der Waals surface area contributed by atoms with E-state index in [4.69, 9.17) is 0 Å². The first kappa shape index (κ1) is 68.5. The molecule has 0 N–H and O–H groups in total. The zero-order valence-electron chi connectivity index (χ0n) is 37.9. The number of pyridine rings is 6. The maximum Gasteiger partial charge on any atom is 1.00 e. The summed E-state index contributed by atoms with van der Waals surface area (Å²) in [4.78, 5) is 35.1. The molecule has 0 saturated carbocycles. The van der Waals surface area contributed by atoms with Crippen LogP contribution < -0.4 is 93.8 Å². The number of aryl methyl sites for hydroxylation is 2. The first-order chi connectivity index (χ1) is 31.4. The van der Waals surface area contributed by atoms with Crippen molar-refractivity contribution in [2.75, 3.05) is 0 Å². The molecular formula is C39H35N6Na3O18RuS4-2. The maximum absolute atomic E-state index is 10.5. The number of hydrogen-bond donors (Lipinski definition) is 0. The molecule has 71 heavy (non-hydrogen) atoms. The molecular weight excluding hydrogens is 1140 g/mol. The van der Waals surface area contributed by atoms with Crippen molar-refractivity contribution < 1.29 is 187 Å². The van der Waals surface area contributed by atoms with Gasteiger partial charge in [-0.15, -0.1) is 0 Å². The van der Waals surface area contributed by atoms with Crippen LogP contribution in [0.15, 0.2) is 110 Å². The summed E-state index contributed by atoms with van der Waals surface area (Å²) in [5.74, 6) is -1.00. The molecule has 0 fully saturated rings. The second-order valence-electron chi connectivity index (χ2n) is 13.4. The molecule has 0 bridgehead atoms. The van der Waals surface area contributed by atoms with Gasteiger partial charge in [0.25, 0.3) is 0 Å². The SMILES string of the molecule is Cc1ccnc(-c2cc(CCCC(=O)[O-])ccn2)c1.O=S(=O)([O-])OCc1ccnc(-c2cc(COS(=O)(=O)[O-])ccn2)c1.O=S(=O)([O-])OCc1ccnc(-c2cc(COS(=O)(=O)[O-])ccn2)c1.[Na+].[Na+].[Na+].[Ru]. The Labute approximate surface area is 488 Å². The van der Waals surface area contributed by atoms with Crippen LogP contribution in [0.2, 0.25) is 0 Å². The van der Waals surface area contributed by atoms with Crippen LogP contribution in [-0.2, 0) is 115 Å². The van der Waals surface area contributed by atoms with E-state index in [1.54, 1.807) is 12.4 Å². The van der Waals surface area contributed by atoms with Crippen molar-refractivity contribution in [2.45, 2.75) is 52.6 Å². The van der Waals surface area contributed by atoms with E-state index >= 15 is 0 Å². The summed E-state index contributed by atoms with van der Waals surface area (Å²) in [6.45, 7) is 0.170. The van der Waals surface area contributed by atoms with Gasteiger partial charge in [-0.3, -0.25) is 46.6 Å². The third kappa shape index (κ3) is 29.2. The van der Waals surface area contributed by atoms with Crippen molar-refractivity contribution in [2.24, 2.45) is 0 Å². The Morgan fingerprint density at radius 3 is 0.930 bits per heavy atom. The van der Waals surface area contributed by atoms with Gasteiger partial charge in [0.2, 0.25) is 41.6 Å². The van der Waals surface area contributed by atoms with E-state index in [0.717, 1.165) is 22.5 Å². The van der Waals surface area contributed by atoms with Crippen LogP contribution in [0, 0.1) is 6.92 Å². The Bertz CT molecular complexity index is 2810. The molecule has 0 atom stereocenters. The van der Waals surface area contributed by atoms with E-state index in [-0.39, 0.29) is 115 Å². The van der Waals surface area contributed by atoms with Gasteiger partial charge < -0.3 is 28.1 Å². The normalized spacial score (nSPS) is 11.1. The van der Waals surface area contributed by atoms with E-state index < -0.39 is 74.0 Å². The van der Waals surface area contributed by atoms with Crippen LogP contribution in [0.1, 0.15) is 46.2 Å². The summed E-state index contributed by atoms with van der Waals surface area (Å²) >= 11 is 0. The van der Waals surface area contributed by atoms with Gasteiger partial charge in [-0.25, -0.2) is 33.7 Å². The van der Waals surface area contributed by atoms with Gasteiger partial charge >= 0.3 is 88.7 Å². The number of hydrogen-bond acceptors (Lipinski definition) is 24. The Kier molecular flexibility index (Phi) is 31.5. The quantitative estimate of drug-likeness (QED) is 0.0413. The predicted octanol–water partition coefficient (Wildman–Crippen LogP) is -7.27. The van der Waals surface area contributed by atoms with E-state index in [1.807, 2.05) is 31.2 Å². The molecule has 0 spiro atoms. The van der Waals surface area contributed by atoms with E-state index in [9.17, 15) is 61.8 Å². The monoisotopic (exact) mass is 1170 g/mol. The Morgan fingerprint density at radius 2 is 0.676 bits per heavy atom. The van der Waals surface area contributed by atoms with Gasteiger partial charge in [0.15, 0.2) is 0 Å². The second-order valence-corrected chi connectivity index (χ2v) is 17.6. The van der Waals surface area contributed by atoms with Gasteiger partial charge in [0, 0.05) is 62.6 Å². The number of rotatable bonds is 19. The first-order valence-electron chi connectivity index (χ1n) is 18.7. The van der Waals surface area contributed by atoms with Crippen LogP contribution in [0.3, 0.4) is 0 Å². The minimum atomic E-state index is -4.82. The summed E-state index contributed by atoms with van der Waals surface area (Å²) in [5, 5.41) is 10.4. The van der Waals surface area contributed by atoms with Crippen molar-refractivity contribution in [3.05, 3.63) is 143 Å². The van der Waals surface area contributed by atoms with Crippen LogP contribution >= 0.6 is 0 Å². The van der Waals surface area contributed by atoms with Crippen molar-refractivity contribution in [3.8, 4) is 34.2 Å². The average molecular weight is 1170 g/mol. The number of carbonyl (C=O) groups excluding carboxylic acids is 1. The summed E-state index contributed by atoms with van der Waals surface area (Å²) in [6, 6.07) is 19.4. The third-order valence-electron chi connectivity index (χ3n) is 8.15. The van der Waals surface area contributed by atoms with Gasteiger partial charge in [0.05, 0.1) is 60.6 Å². The smallest absolute Gasteiger partial charge is 0.726 e. The average Bonchev–Trinajstić information content (AvgIpc) is 3.26. The molecule has 366 valence electrons. The molecule has 0 aliphatic rings. The minimum Gasteiger partial charge on any atom is -0.726 e. The van der Waals surface area contributed by atoms with Gasteiger partial charge in [-0.05, 0) is 132 Å². The Hall–Kier alpha value is -2.53. The van der Waals surface area contributed by atoms with E-state index in [0.29, 0.717) is 57.9 Å². The minimum absolute atomic E-state index is 0. The molecule has 32 heteroatoms. The van der Waals surface area contributed by atoms with Gasteiger partial charge in [0.1, 0.15) is 0 Å². The molecule has 0 aromatic carbocycles. The zero-order valence-corrected chi connectivity index (χ0v) is 48.9. The maximum atomic E-state index is 10.5. The molecule has 0 aliphatic heterocycles. The standard InChI is InChI=1S/C15H16N2O2.2C12H12N2O8S2.3Na.Ru/c1-11-5-7-16-13(9-11)14-10-12(6-8-17-14)3-2-4-15(18)19;2*15-23(16,17)21-7-9-1-3-13-11(5-9)12-6-10(2-4-14-12)8-22-24(18,19)20;;;;/h5-10H,2-4H2,1H3,(H,18,19);2*1-6H,7-8H2,(H,15,16,17)(H,18,19,20);;;;/q;;;3*+1;/p-5. The predicted molar refractivity (Wildman–Crippen MR) is 223 cm³/mol.